The van der Waals surface area contributed by atoms with Crippen LogP contribution in [0, 0.1) is 4.91 Å². The van der Waals surface area contributed by atoms with Crippen LogP contribution in [0.1, 0.15) is 48.5 Å². The van der Waals surface area contributed by atoms with Gasteiger partial charge < -0.3 is 34.3 Å². The molecule has 4 unspecified atom stereocenters. The maximum atomic E-state index is 13.4. The third-order valence-corrected chi connectivity index (χ3v) is 5.65. The van der Waals surface area contributed by atoms with Crippen LogP contribution in [0.3, 0.4) is 0 Å². The third-order valence-electron chi connectivity index (χ3n) is 4.87. The zero-order valence-corrected chi connectivity index (χ0v) is 22.2. The van der Waals surface area contributed by atoms with Crippen LogP contribution in [0.4, 0.5) is 0 Å². The van der Waals surface area contributed by atoms with Crippen molar-refractivity contribution in [3.8, 4) is 0 Å². The van der Waals surface area contributed by atoms with Crippen LogP contribution in [0.15, 0.2) is 4.58 Å². The van der Waals surface area contributed by atoms with E-state index in [9.17, 15) is 33.7 Å². The van der Waals surface area contributed by atoms with E-state index in [2.05, 4.69) is 15.2 Å². The average Bonchev–Trinajstić information content (AvgIpc) is 2.73. The minimum atomic E-state index is -1.61. The SMILES string of the molecule is CC(=O)NC(C(=O)NC1C(OC(C)=O)[C@H](OC(C)=O)C(COC(C)=O)O[C@H]1OC(C)=O)C(C)(C)SN=O. The first-order valence-electron chi connectivity index (χ1n) is 11.0. The summed E-state index contributed by atoms with van der Waals surface area (Å²) in [6.07, 6.45) is -5.80. The van der Waals surface area contributed by atoms with Crippen LogP contribution in [0.5, 0.6) is 0 Å². The topological polar surface area (TPSA) is 202 Å². The summed E-state index contributed by atoms with van der Waals surface area (Å²) in [4.78, 5) is 83.1. The number of nitrogens with one attached hydrogen (secondary N) is 2. The molecule has 0 spiro atoms. The van der Waals surface area contributed by atoms with Crippen molar-refractivity contribution in [2.24, 2.45) is 4.58 Å². The van der Waals surface area contributed by atoms with Gasteiger partial charge in [0.2, 0.25) is 18.1 Å². The number of ether oxygens (including phenoxy) is 5. The zero-order chi connectivity index (χ0) is 28.5. The molecule has 1 aliphatic heterocycles. The highest BCUT2D eigenvalue weighted by Gasteiger charge is 2.53. The van der Waals surface area contributed by atoms with Crippen molar-refractivity contribution in [1.29, 1.82) is 0 Å². The lowest BCUT2D eigenvalue weighted by atomic mass is 9.94. The fourth-order valence-corrected chi connectivity index (χ4v) is 3.94. The second kappa shape index (κ2) is 13.9. The Morgan fingerprint density at radius 1 is 0.892 bits per heavy atom. The smallest absolute Gasteiger partial charge is 0.305 e. The van der Waals surface area contributed by atoms with E-state index in [4.69, 9.17) is 23.7 Å². The van der Waals surface area contributed by atoms with Crippen LogP contribution in [-0.2, 0) is 52.5 Å². The van der Waals surface area contributed by atoms with Gasteiger partial charge in [-0.25, -0.2) is 0 Å². The molecule has 1 saturated heterocycles. The first kappa shape index (κ1) is 31.8. The lowest BCUT2D eigenvalue weighted by molar-refractivity contribution is -0.271. The molecule has 2 N–H and O–H groups in total. The van der Waals surface area contributed by atoms with Gasteiger partial charge in [-0.1, -0.05) is 0 Å². The Morgan fingerprint density at radius 2 is 1.43 bits per heavy atom. The molecule has 208 valence electrons. The minimum Gasteiger partial charge on any atom is -0.463 e. The van der Waals surface area contributed by atoms with Gasteiger partial charge in [0, 0.05) is 51.1 Å². The number of esters is 4. The second-order valence-electron chi connectivity index (χ2n) is 8.54. The molecule has 37 heavy (non-hydrogen) atoms. The number of carbonyl (C=O) groups is 6. The molecule has 0 bridgehead atoms. The van der Waals surface area contributed by atoms with E-state index >= 15 is 0 Å². The number of amides is 2. The lowest BCUT2D eigenvalue weighted by Crippen LogP contribution is -2.69. The molecule has 15 nitrogen and oxygen atoms in total. The quantitative estimate of drug-likeness (QED) is 0.150. The Morgan fingerprint density at radius 3 is 1.89 bits per heavy atom. The van der Waals surface area contributed by atoms with Gasteiger partial charge in [-0.2, -0.15) is 0 Å². The maximum absolute atomic E-state index is 13.4. The summed E-state index contributed by atoms with van der Waals surface area (Å²) < 4.78 is 28.0. The molecule has 1 fully saturated rings. The first-order valence-corrected chi connectivity index (χ1v) is 11.7. The van der Waals surface area contributed by atoms with Crippen molar-refractivity contribution in [3.63, 3.8) is 0 Å². The van der Waals surface area contributed by atoms with Crippen LogP contribution >= 0.6 is 11.9 Å². The Balaban J connectivity index is 3.54. The molecule has 1 heterocycles. The van der Waals surface area contributed by atoms with E-state index < -0.39 is 83.7 Å². The number of hydrogen-bond donors (Lipinski definition) is 2. The van der Waals surface area contributed by atoms with Crippen LogP contribution in [-0.4, -0.2) is 83.7 Å². The normalized spacial score (nSPS) is 24.0. The summed E-state index contributed by atoms with van der Waals surface area (Å²) >= 11 is 0.490. The number of nitroso groups, excluding NO2 is 1. The predicted octanol–water partition coefficient (Wildman–Crippen LogP) is -0.116. The number of hydrogen-bond acceptors (Lipinski definition) is 14. The Bertz CT molecular complexity index is 911. The van der Waals surface area contributed by atoms with Crippen molar-refractivity contribution in [2.45, 2.75) is 89.9 Å². The molecular formula is C21H31N3O12S. The van der Waals surface area contributed by atoms with Gasteiger partial charge in [0.15, 0.2) is 12.2 Å². The molecule has 0 aromatic carbocycles. The molecule has 0 radical (unpaired) electrons. The van der Waals surface area contributed by atoms with E-state index in [1.807, 2.05) is 0 Å². The molecule has 0 aliphatic carbocycles. The zero-order valence-electron chi connectivity index (χ0n) is 21.4. The predicted molar refractivity (Wildman–Crippen MR) is 125 cm³/mol. The summed E-state index contributed by atoms with van der Waals surface area (Å²) in [6.45, 7) is 7.91. The Hall–Kier alpha value is -3.27. The van der Waals surface area contributed by atoms with Crippen molar-refractivity contribution in [2.75, 3.05) is 6.61 Å². The highest BCUT2D eigenvalue weighted by Crippen LogP contribution is 2.31. The minimum absolute atomic E-state index is 0.479. The van der Waals surface area contributed by atoms with E-state index in [1.165, 1.54) is 13.8 Å². The second-order valence-corrected chi connectivity index (χ2v) is 9.92. The number of carbonyl (C=O) groups excluding carboxylic acids is 6. The molecule has 0 aromatic heterocycles. The highest BCUT2D eigenvalue weighted by atomic mass is 32.2. The molecule has 0 aromatic rings. The van der Waals surface area contributed by atoms with Gasteiger partial charge >= 0.3 is 23.9 Å². The molecular weight excluding hydrogens is 518 g/mol. The summed E-state index contributed by atoms with van der Waals surface area (Å²) in [5.41, 5.74) is 0. The standard InChI is InChI=1S/C21H31N3O12S/c1-9(25)22-18(21(6,7)37-24-31)19(30)23-15-17(34-12(4)28)16(33-11(3)27)14(8-32-10(2)26)36-20(15)35-13(5)29/h14-18,20H,8H2,1-7H3,(H,22,25)(H,23,30)/t14?,15?,16-,17?,18?,20-/m1/s1. The molecule has 1 rings (SSSR count). The number of rotatable bonds is 11. The van der Waals surface area contributed by atoms with Crippen molar-refractivity contribution in [1.82, 2.24) is 10.6 Å². The van der Waals surface area contributed by atoms with Crippen molar-refractivity contribution < 1.29 is 52.5 Å². The van der Waals surface area contributed by atoms with Crippen LogP contribution in [0.25, 0.3) is 0 Å². The van der Waals surface area contributed by atoms with E-state index in [-0.39, 0.29) is 0 Å². The van der Waals surface area contributed by atoms with Gasteiger partial charge in [-0.05, 0) is 13.8 Å². The van der Waals surface area contributed by atoms with E-state index in [0.29, 0.717) is 11.9 Å². The summed E-state index contributed by atoms with van der Waals surface area (Å²) in [5, 5.41) is 4.92. The largest absolute Gasteiger partial charge is 0.463 e. The maximum Gasteiger partial charge on any atom is 0.305 e. The Kier molecular flexibility index (Phi) is 11.9. The fourth-order valence-electron chi connectivity index (χ4n) is 3.47. The van der Waals surface area contributed by atoms with Gasteiger partial charge in [0.05, 0.1) is 4.75 Å². The monoisotopic (exact) mass is 549 g/mol. The van der Waals surface area contributed by atoms with Gasteiger partial charge in [-0.3, -0.25) is 28.8 Å². The fraction of sp³-hybridized carbons (Fsp3) is 0.714. The van der Waals surface area contributed by atoms with E-state index in [0.717, 1.165) is 34.6 Å². The van der Waals surface area contributed by atoms with Crippen LogP contribution in [0.2, 0.25) is 0 Å². The van der Waals surface area contributed by atoms with Gasteiger partial charge in [0.1, 0.15) is 24.8 Å². The summed E-state index contributed by atoms with van der Waals surface area (Å²) in [5.74, 6) is -4.71. The molecule has 16 heteroatoms. The summed E-state index contributed by atoms with van der Waals surface area (Å²) in [6, 6.07) is -2.82. The average molecular weight is 550 g/mol. The van der Waals surface area contributed by atoms with Crippen molar-refractivity contribution >= 4 is 47.6 Å². The molecule has 1 aliphatic rings. The molecule has 6 atom stereocenters. The van der Waals surface area contributed by atoms with Crippen molar-refractivity contribution in [3.05, 3.63) is 4.91 Å². The van der Waals surface area contributed by atoms with E-state index in [1.54, 1.807) is 0 Å². The highest BCUT2D eigenvalue weighted by molar-refractivity contribution is 7.99. The molecule has 2 amide bonds. The first-order chi connectivity index (χ1) is 17.1. The Labute approximate surface area is 217 Å². The van der Waals surface area contributed by atoms with Gasteiger partial charge in [-0.15, -0.1) is 4.91 Å². The van der Waals surface area contributed by atoms with Gasteiger partial charge in [0.25, 0.3) is 0 Å². The number of nitrogens with zero attached hydrogens (tertiary/aromatic N) is 1. The van der Waals surface area contributed by atoms with Crippen LogP contribution < -0.4 is 10.6 Å². The lowest BCUT2D eigenvalue weighted by Gasteiger charge is -2.45. The third kappa shape index (κ3) is 9.95. The molecule has 0 saturated carbocycles. The summed E-state index contributed by atoms with van der Waals surface area (Å²) in [7, 11) is 0.